The SMILES string of the molecule is CC1(C)c2cc(-c3cc4c5c(c3)C(C)(C)c3cccc6c3N5c3c(cccc3C4(C)C)C6(C)C)ccc2-c2ccc(N(c3ccccc3)c3ccccc3)cc21. The molecule has 0 N–H and O–H groups in total. The first kappa shape index (κ1) is 33.5. The van der Waals surface area contributed by atoms with Crippen LogP contribution in [-0.2, 0) is 21.7 Å². The Labute approximate surface area is 332 Å². The number of rotatable bonds is 4. The van der Waals surface area contributed by atoms with Gasteiger partial charge < -0.3 is 9.80 Å². The molecule has 274 valence electrons. The number of fused-ring (bicyclic) bond motifs is 3. The lowest BCUT2D eigenvalue weighted by atomic mass is 9.60. The molecule has 3 aliphatic heterocycles. The van der Waals surface area contributed by atoms with E-state index in [-0.39, 0.29) is 21.7 Å². The lowest BCUT2D eigenvalue weighted by Gasteiger charge is -2.55. The second-order valence-corrected chi connectivity index (χ2v) is 18.7. The van der Waals surface area contributed by atoms with Crippen LogP contribution in [0, 0.1) is 0 Å². The minimum Gasteiger partial charge on any atom is -0.310 e. The molecule has 0 saturated carbocycles. The molecule has 0 spiro atoms. The molecule has 3 heterocycles. The summed E-state index contributed by atoms with van der Waals surface area (Å²) >= 11 is 0. The number of benzene rings is 7. The van der Waals surface area contributed by atoms with Gasteiger partial charge in [0.1, 0.15) is 0 Å². The van der Waals surface area contributed by atoms with Crippen LogP contribution in [0.5, 0.6) is 0 Å². The van der Waals surface area contributed by atoms with Crippen LogP contribution in [0.3, 0.4) is 0 Å². The maximum atomic E-state index is 2.67. The lowest BCUT2D eigenvalue weighted by Crippen LogP contribution is -2.43. The van der Waals surface area contributed by atoms with Gasteiger partial charge in [0.15, 0.2) is 0 Å². The molecule has 7 aromatic rings. The molecule has 2 nitrogen and oxygen atoms in total. The fourth-order valence-corrected chi connectivity index (χ4v) is 11.0. The van der Waals surface area contributed by atoms with Crippen molar-refractivity contribution in [2.24, 2.45) is 0 Å². The zero-order chi connectivity index (χ0) is 38.5. The van der Waals surface area contributed by atoms with Gasteiger partial charge in [-0.15, -0.1) is 0 Å². The standard InChI is InChI=1S/C54H48N2/c1-51(2)40-21-15-23-42-48(40)56-49-41(51)22-16-24-43(49)53(5,6)47-31-34(30-46(50(47)56)52(42,3)4)33-25-27-38-39-28-26-37(32-45(39)54(7,8)44(38)29-33)55(35-17-11-9-12-18-35)36-19-13-10-14-20-36/h9-32H,1-8H3. The van der Waals surface area contributed by atoms with Crippen LogP contribution in [0.4, 0.5) is 34.1 Å². The summed E-state index contributed by atoms with van der Waals surface area (Å²) in [6, 6.07) is 55.0. The molecule has 4 aliphatic rings. The van der Waals surface area contributed by atoms with Crippen molar-refractivity contribution in [1.29, 1.82) is 0 Å². The third kappa shape index (κ3) is 4.17. The van der Waals surface area contributed by atoms with E-state index in [1.54, 1.807) is 0 Å². The highest BCUT2D eigenvalue weighted by Crippen LogP contribution is 2.66. The minimum absolute atomic E-state index is 0.0920. The zero-order valence-electron chi connectivity index (χ0n) is 33.8. The van der Waals surface area contributed by atoms with Crippen molar-refractivity contribution in [2.45, 2.75) is 77.0 Å². The van der Waals surface area contributed by atoms with Crippen molar-refractivity contribution in [3.8, 4) is 22.3 Å². The number of para-hydroxylation sites is 4. The molecule has 0 atom stereocenters. The van der Waals surface area contributed by atoms with Crippen LogP contribution in [-0.4, -0.2) is 0 Å². The first-order valence-corrected chi connectivity index (χ1v) is 20.3. The van der Waals surface area contributed by atoms with Gasteiger partial charge in [-0.1, -0.05) is 146 Å². The van der Waals surface area contributed by atoms with E-state index >= 15 is 0 Å². The van der Waals surface area contributed by atoms with Gasteiger partial charge in [-0.2, -0.15) is 0 Å². The van der Waals surface area contributed by atoms with Gasteiger partial charge in [-0.05, 0) is 121 Å². The summed E-state index contributed by atoms with van der Waals surface area (Å²) in [7, 11) is 0. The average Bonchev–Trinajstić information content (AvgIpc) is 3.42. The molecule has 0 saturated heterocycles. The fraction of sp³-hybridized carbons (Fsp3) is 0.222. The second kappa shape index (κ2) is 10.9. The van der Waals surface area contributed by atoms with E-state index in [1.165, 1.54) is 89.5 Å². The zero-order valence-corrected chi connectivity index (χ0v) is 33.8. The van der Waals surface area contributed by atoms with E-state index in [9.17, 15) is 0 Å². The third-order valence-corrected chi connectivity index (χ3v) is 14.2. The summed E-state index contributed by atoms with van der Waals surface area (Å²) in [5.41, 5.74) is 23.6. The predicted molar refractivity (Wildman–Crippen MR) is 235 cm³/mol. The average molecular weight is 725 g/mol. The Bertz CT molecular complexity index is 2670. The van der Waals surface area contributed by atoms with Crippen LogP contribution in [0.15, 0.2) is 146 Å². The highest BCUT2D eigenvalue weighted by atomic mass is 15.2. The number of hydrogen-bond acceptors (Lipinski definition) is 2. The van der Waals surface area contributed by atoms with Gasteiger partial charge in [0.25, 0.3) is 0 Å². The molecule has 0 bridgehead atoms. The van der Waals surface area contributed by atoms with E-state index < -0.39 is 0 Å². The summed E-state index contributed by atoms with van der Waals surface area (Å²) in [5.74, 6) is 0. The van der Waals surface area contributed by atoms with Gasteiger partial charge >= 0.3 is 0 Å². The predicted octanol–water partition coefficient (Wildman–Crippen LogP) is 14.5. The Morgan fingerprint density at radius 1 is 0.321 bits per heavy atom. The van der Waals surface area contributed by atoms with Crippen molar-refractivity contribution < 1.29 is 0 Å². The van der Waals surface area contributed by atoms with Crippen molar-refractivity contribution in [3.63, 3.8) is 0 Å². The summed E-state index contributed by atoms with van der Waals surface area (Å²) < 4.78 is 0. The Morgan fingerprint density at radius 3 is 1.21 bits per heavy atom. The van der Waals surface area contributed by atoms with Crippen LogP contribution >= 0.6 is 0 Å². The minimum atomic E-state index is -0.179. The quantitative estimate of drug-likeness (QED) is 0.178. The van der Waals surface area contributed by atoms with Crippen LogP contribution in [0.25, 0.3) is 22.3 Å². The van der Waals surface area contributed by atoms with Crippen LogP contribution < -0.4 is 9.80 Å². The number of anilines is 6. The molecule has 0 radical (unpaired) electrons. The van der Waals surface area contributed by atoms with Crippen LogP contribution in [0.1, 0.15) is 99.9 Å². The molecule has 2 heteroatoms. The van der Waals surface area contributed by atoms with Crippen molar-refractivity contribution in [3.05, 3.63) is 190 Å². The summed E-state index contributed by atoms with van der Waals surface area (Å²) in [6.07, 6.45) is 0. The topological polar surface area (TPSA) is 6.48 Å². The Morgan fingerprint density at radius 2 is 0.714 bits per heavy atom. The van der Waals surface area contributed by atoms with Crippen molar-refractivity contribution in [2.75, 3.05) is 9.80 Å². The van der Waals surface area contributed by atoms with E-state index in [4.69, 9.17) is 0 Å². The fourth-order valence-electron chi connectivity index (χ4n) is 11.0. The third-order valence-electron chi connectivity index (χ3n) is 14.2. The number of nitrogens with zero attached hydrogens (tertiary/aromatic N) is 2. The summed E-state index contributed by atoms with van der Waals surface area (Å²) in [6.45, 7) is 19.4. The molecular weight excluding hydrogens is 677 g/mol. The van der Waals surface area contributed by atoms with Gasteiger partial charge in [0, 0.05) is 38.7 Å². The van der Waals surface area contributed by atoms with Crippen molar-refractivity contribution in [1.82, 2.24) is 0 Å². The molecule has 0 amide bonds. The molecule has 1 aliphatic carbocycles. The maximum Gasteiger partial charge on any atom is 0.0544 e. The Kier molecular flexibility index (Phi) is 6.53. The highest BCUT2D eigenvalue weighted by molar-refractivity contribution is 5.99. The van der Waals surface area contributed by atoms with Crippen LogP contribution in [0.2, 0.25) is 0 Å². The first-order chi connectivity index (χ1) is 26.8. The monoisotopic (exact) mass is 724 g/mol. The second-order valence-electron chi connectivity index (χ2n) is 18.7. The largest absolute Gasteiger partial charge is 0.310 e. The van der Waals surface area contributed by atoms with E-state index in [1.807, 2.05) is 0 Å². The molecule has 11 rings (SSSR count). The smallest absolute Gasteiger partial charge is 0.0544 e. The van der Waals surface area contributed by atoms with Gasteiger partial charge in [-0.25, -0.2) is 0 Å². The summed E-state index contributed by atoms with van der Waals surface area (Å²) in [5, 5.41) is 0. The molecule has 0 fully saturated rings. The van der Waals surface area contributed by atoms with Crippen molar-refractivity contribution >= 4 is 34.1 Å². The normalized spacial score (nSPS) is 17.5. The highest BCUT2D eigenvalue weighted by Gasteiger charge is 2.51. The van der Waals surface area contributed by atoms with Gasteiger partial charge in [0.2, 0.25) is 0 Å². The van der Waals surface area contributed by atoms with E-state index in [0.29, 0.717) is 0 Å². The molecule has 0 unspecified atom stereocenters. The molecular formula is C54H48N2. The van der Waals surface area contributed by atoms with E-state index in [0.717, 1.165) is 11.4 Å². The Balaban J connectivity index is 1.07. The molecule has 0 aromatic heterocycles. The van der Waals surface area contributed by atoms with E-state index in [2.05, 4.69) is 211 Å². The molecule has 7 aromatic carbocycles. The molecule has 56 heavy (non-hydrogen) atoms. The summed E-state index contributed by atoms with van der Waals surface area (Å²) in [4.78, 5) is 5.04. The van der Waals surface area contributed by atoms with Gasteiger partial charge in [0.05, 0.1) is 17.1 Å². The number of hydrogen-bond donors (Lipinski definition) is 0. The maximum absolute atomic E-state index is 2.67. The Hall–Kier alpha value is -5.86. The van der Waals surface area contributed by atoms with Gasteiger partial charge in [-0.3, -0.25) is 0 Å². The first-order valence-electron chi connectivity index (χ1n) is 20.3. The lowest BCUT2D eigenvalue weighted by molar-refractivity contribution is 0.567.